The summed E-state index contributed by atoms with van der Waals surface area (Å²) in [6.07, 6.45) is 0.983. The van der Waals surface area contributed by atoms with Crippen LogP contribution < -0.4 is 10.1 Å². The van der Waals surface area contributed by atoms with Crippen molar-refractivity contribution < 1.29 is 9.53 Å². The van der Waals surface area contributed by atoms with Crippen LogP contribution in [0, 0.1) is 6.92 Å². The lowest BCUT2D eigenvalue weighted by molar-refractivity contribution is 0.102. The van der Waals surface area contributed by atoms with E-state index in [1.807, 2.05) is 31.2 Å². The van der Waals surface area contributed by atoms with Gasteiger partial charge in [-0.3, -0.25) is 4.79 Å². The summed E-state index contributed by atoms with van der Waals surface area (Å²) in [6.45, 7) is 4.04. The largest absolute Gasteiger partial charge is 0.495 e. The summed E-state index contributed by atoms with van der Waals surface area (Å²) in [7, 11) is 1.53. The number of methoxy groups -OCH3 is 1. The number of anilines is 1. The summed E-state index contributed by atoms with van der Waals surface area (Å²) < 4.78 is 5.14. The van der Waals surface area contributed by atoms with Crippen molar-refractivity contribution in [1.82, 2.24) is 15.0 Å². The zero-order valence-electron chi connectivity index (χ0n) is 16.9. The Morgan fingerprint density at radius 3 is 2.40 bits per heavy atom. The van der Waals surface area contributed by atoms with Crippen LogP contribution in [0.4, 0.5) is 5.69 Å². The molecule has 3 aromatic carbocycles. The van der Waals surface area contributed by atoms with E-state index in [4.69, 9.17) is 16.3 Å². The van der Waals surface area contributed by atoms with Crippen LogP contribution in [0.3, 0.4) is 0 Å². The monoisotopic (exact) mass is 420 g/mol. The molecular formula is C23H21ClN4O2. The second-order valence-electron chi connectivity index (χ2n) is 6.97. The molecule has 0 atom stereocenters. The Hall–Kier alpha value is -3.38. The third-order valence-corrected chi connectivity index (χ3v) is 5.26. The molecule has 1 N–H and O–H groups in total. The lowest BCUT2D eigenvalue weighted by Crippen LogP contribution is -2.12. The van der Waals surface area contributed by atoms with E-state index in [-0.39, 0.29) is 5.91 Å². The van der Waals surface area contributed by atoms with Crippen LogP contribution in [-0.2, 0) is 6.42 Å². The van der Waals surface area contributed by atoms with Crippen molar-refractivity contribution in [2.24, 2.45) is 0 Å². The number of hydrogen-bond acceptors (Lipinski definition) is 4. The van der Waals surface area contributed by atoms with Crippen molar-refractivity contribution in [3.63, 3.8) is 0 Å². The molecule has 0 aliphatic carbocycles. The first kappa shape index (κ1) is 19.9. The molecule has 0 saturated carbocycles. The number of aryl methyl sites for hydroxylation is 2. The van der Waals surface area contributed by atoms with Gasteiger partial charge in [0.1, 0.15) is 16.8 Å². The molecule has 0 unspecified atom stereocenters. The molecule has 0 aliphatic rings. The molecule has 30 heavy (non-hydrogen) atoms. The molecule has 0 radical (unpaired) electrons. The minimum Gasteiger partial charge on any atom is -0.495 e. The molecular weight excluding hydrogens is 400 g/mol. The minimum atomic E-state index is -0.260. The Morgan fingerprint density at radius 2 is 1.77 bits per heavy atom. The third kappa shape index (κ3) is 3.86. The first-order chi connectivity index (χ1) is 14.5. The number of carbonyl (C=O) groups is 1. The van der Waals surface area contributed by atoms with E-state index in [1.165, 1.54) is 12.7 Å². The van der Waals surface area contributed by atoms with Gasteiger partial charge in [-0.1, -0.05) is 30.7 Å². The Morgan fingerprint density at radius 1 is 1.07 bits per heavy atom. The van der Waals surface area contributed by atoms with Crippen molar-refractivity contribution in [2.75, 3.05) is 12.4 Å². The zero-order chi connectivity index (χ0) is 21.3. The molecule has 1 aromatic heterocycles. The molecule has 1 heterocycles. The van der Waals surface area contributed by atoms with Crippen LogP contribution >= 0.6 is 11.6 Å². The molecule has 4 rings (SSSR count). The maximum Gasteiger partial charge on any atom is 0.255 e. The fourth-order valence-electron chi connectivity index (χ4n) is 3.19. The second-order valence-corrected chi connectivity index (χ2v) is 7.38. The number of carbonyl (C=O) groups excluding carboxylic acids is 1. The van der Waals surface area contributed by atoms with Crippen molar-refractivity contribution in [2.45, 2.75) is 20.3 Å². The highest BCUT2D eigenvalue weighted by Gasteiger charge is 2.13. The van der Waals surface area contributed by atoms with Gasteiger partial charge in [0.25, 0.3) is 5.91 Å². The molecule has 0 bridgehead atoms. The van der Waals surface area contributed by atoms with Crippen molar-refractivity contribution in [1.29, 1.82) is 0 Å². The number of hydrogen-bond donors (Lipinski definition) is 1. The summed E-state index contributed by atoms with van der Waals surface area (Å²) >= 11 is 6.14. The average Bonchev–Trinajstić information content (AvgIpc) is 3.16. The minimum absolute atomic E-state index is 0.260. The van der Waals surface area contributed by atoms with Gasteiger partial charge in [-0.2, -0.15) is 4.80 Å². The topological polar surface area (TPSA) is 69.0 Å². The maximum absolute atomic E-state index is 12.7. The standard InChI is InChI=1S/C23H21ClN4O2/c1-4-15-5-8-17(9-6-15)28-26-20-11-14(2)19(13-21(20)27-28)25-23(29)16-7-10-22(30-3)18(24)12-16/h5-13H,4H2,1-3H3,(H,25,29). The van der Waals surface area contributed by atoms with E-state index in [9.17, 15) is 4.79 Å². The number of fused-ring (bicyclic) bond motifs is 1. The van der Waals surface area contributed by atoms with Gasteiger partial charge in [0.15, 0.2) is 0 Å². The normalized spacial score (nSPS) is 10.9. The molecule has 0 saturated heterocycles. The van der Waals surface area contributed by atoms with E-state index in [2.05, 4.69) is 34.6 Å². The van der Waals surface area contributed by atoms with Crippen LogP contribution in [-0.4, -0.2) is 28.0 Å². The van der Waals surface area contributed by atoms with E-state index in [1.54, 1.807) is 23.0 Å². The third-order valence-electron chi connectivity index (χ3n) is 4.96. The van der Waals surface area contributed by atoms with E-state index in [0.29, 0.717) is 27.5 Å². The van der Waals surface area contributed by atoms with Gasteiger partial charge in [-0.15, -0.1) is 10.2 Å². The molecule has 0 spiro atoms. The molecule has 152 valence electrons. The maximum atomic E-state index is 12.7. The highest BCUT2D eigenvalue weighted by Crippen LogP contribution is 2.27. The van der Waals surface area contributed by atoms with Gasteiger partial charge < -0.3 is 10.1 Å². The van der Waals surface area contributed by atoms with Crippen LogP contribution in [0.1, 0.15) is 28.4 Å². The molecule has 0 aliphatic heterocycles. The van der Waals surface area contributed by atoms with Crippen LogP contribution in [0.15, 0.2) is 54.6 Å². The van der Waals surface area contributed by atoms with Gasteiger partial charge in [0.05, 0.1) is 17.8 Å². The fraction of sp³-hybridized carbons (Fsp3) is 0.174. The predicted molar refractivity (Wildman–Crippen MR) is 119 cm³/mol. The molecule has 6 nitrogen and oxygen atoms in total. The SMILES string of the molecule is CCc1ccc(-n2nc3cc(C)c(NC(=O)c4ccc(OC)c(Cl)c4)cc3n2)cc1. The average molecular weight is 421 g/mol. The van der Waals surface area contributed by atoms with Crippen molar-refractivity contribution in [3.05, 3.63) is 76.3 Å². The number of benzene rings is 3. The number of halogens is 1. The van der Waals surface area contributed by atoms with Gasteiger partial charge in [0, 0.05) is 11.3 Å². The highest BCUT2D eigenvalue weighted by atomic mass is 35.5. The van der Waals surface area contributed by atoms with Gasteiger partial charge in [-0.25, -0.2) is 0 Å². The predicted octanol–water partition coefficient (Wildman–Crippen LogP) is 5.21. The number of nitrogens with one attached hydrogen (secondary N) is 1. The van der Waals surface area contributed by atoms with Gasteiger partial charge in [-0.05, 0) is 66.9 Å². The highest BCUT2D eigenvalue weighted by molar-refractivity contribution is 6.32. The second kappa shape index (κ2) is 8.16. The Balaban J connectivity index is 1.62. The van der Waals surface area contributed by atoms with Gasteiger partial charge in [0.2, 0.25) is 0 Å². The molecule has 7 heteroatoms. The lowest BCUT2D eigenvalue weighted by Gasteiger charge is -2.09. The summed E-state index contributed by atoms with van der Waals surface area (Å²) in [5.74, 6) is 0.263. The van der Waals surface area contributed by atoms with Crippen molar-refractivity contribution >= 4 is 34.2 Å². The quantitative estimate of drug-likeness (QED) is 0.481. The van der Waals surface area contributed by atoms with Crippen molar-refractivity contribution in [3.8, 4) is 11.4 Å². The molecule has 0 fully saturated rings. The number of aromatic nitrogens is 3. The smallest absolute Gasteiger partial charge is 0.255 e. The van der Waals surface area contributed by atoms with Crippen LogP contribution in [0.5, 0.6) is 5.75 Å². The van der Waals surface area contributed by atoms with E-state index >= 15 is 0 Å². The number of nitrogens with zero attached hydrogens (tertiary/aromatic N) is 3. The Bertz CT molecular complexity index is 1230. The number of rotatable bonds is 5. The summed E-state index contributed by atoms with van der Waals surface area (Å²) in [4.78, 5) is 14.3. The summed E-state index contributed by atoms with van der Waals surface area (Å²) in [5, 5.41) is 12.5. The van der Waals surface area contributed by atoms with Crippen LogP contribution in [0.25, 0.3) is 16.7 Å². The molecule has 4 aromatic rings. The summed E-state index contributed by atoms with van der Waals surface area (Å²) in [6, 6.07) is 16.8. The fourth-order valence-corrected chi connectivity index (χ4v) is 3.44. The first-order valence-corrected chi connectivity index (χ1v) is 9.98. The summed E-state index contributed by atoms with van der Waals surface area (Å²) in [5.41, 5.74) is 5.62. The first-order valence-electron chi connectivity index (χ1n) is 9.60. The van der Waals surface area contributed by atoms with E-state index in [0.717, 1.165) is 23.2 Å². The number of amides is 1. The van der Waals surface area contributed by atoms with Gasteiger partial charge >= 0.3 is 0 Å². The van der Waals surface area contributed by atoms with Crippen LogP contribution in [0.2, 0.25) is 5.02 Å². The molecule has 1 amide bonds. The van der Waals surface area contributed by atoms with E-state index < -0.39 is 0 Å². The zero-order valence-corrected chi connectivity index (χ0v) is 17.7. The lowest BCUT2D eigenvalue weighted by atomic mass is 10.1. The number of ether oxygens (including phenoxy) is 1. The Kier molecular flexibility index (Phi) is 5.42. The Labute approximate surface area is 179 Å².